The van der Waals surface area contributed by atoms with Crippen molar-refractivity contribution in [3.63, 3.8) is 0 Å². The molecule has 2 unspecified atom stereocenters. The molecular weight excluding hydrogens is 174 g/mol. The molecule has 1 heterocycles. The molecule has 0 aromatic carbocycles. The Bertz CT molecular complexity index is 197. The highest BCUT2D eigenvalue weighted by Crippen LogP contribution is 2.14. The Morgan fingerprint density at radius 3 is 2.93 bits per heavy atom. The summed E-state index contributed by atoms with van der Waals surface area (Å²) in [5.41, 5.74) is 0. The van der Waals surface area contributed by atoms with Crippen LogP contribution in [-0.2, 0) is 0 Å². The lowest BCUT2D eigenvalue weighted by atomic mass is 10.0. The second-order valence-corrected chi connectivity index (χ2v) is 4.13. The lowest BCUT2D eigenvalue weighted by Gasteiger charge is -2.33. The molecule has 3 heteroatoms. The van der Waals surface area contributed by atoms with Gasteiger partial charge in [0, 0.05) is 12.6 Å². The molecule has 1 N–H and O–H groups in total. The van der Waals surface area contributed by atoms with E-state index in [2.05, 4.69) is 23.3 Å². The van der Waals surface area contributed by atoms with E-state index in [1.807, 2.05) is 6.92 Å². The van der Waals surface area contributed by atoms with Gasteiger partial charge < -0.3 is 10.2 Å². The van der Waals surface area contributed by atoms with Crippen LogP contribution in [0.3, 0.4) is 0 Å². The minimum absolute atomic E-state index is 0.0327. The number of likely N-dealkylation sites (N-methyl/N-ethyl adjacent to an activating group) is 1. The highest BCUT2D eigenvalue weighted by atomic mass is 15.2. The van der Waals surface area contributed by atoms with Gasteiger partial charge in [-0.05, 0) is 32.9 Å². The zero-order chi connectivity index (χ0) is 10.4. The van der Waals surface area contributed by atoms with Crippen LogP contribution in [0.15, 0.2) is 0 Å². The molecule has 0 radical (unpaired) electrons. The zero-order valence-electron chi connectivity index (χ0n) is 9.29. The van der Waals surface area contributed by atoms with Gasteiger partial charge in [0.1, 0.15) is 0 Å². The highest BCUT2D eigenvalue weighted by molar-refractivity contribution is 4.90. The van der Waals surface area contributed by atoms with Crippen LogP contribution in [0.1, 0.15) is 32.6 Å². The van der Waals surface area contributed by atoms with Gasteiger partial charge in [-0.25, -0.2) is 0 Å². The molecule has 0 aromatic heterocycles. The summed E-state index contributed by atoms with van der Waals surface area (Å²) in [6.45, 7) is 4.21. The molecule has 80 valence electrons. The molecule has 14 heavy (non-hydrogen) atoms. The predicted molar refractivity (Wildman–Crippen MR) is 58.0 cm³/mol. The van der Waals surface area contributed by atoms with Crippen molar-refractivity contribution in [3.8, 4) is 6.07 Å². The third-order valence-electron chi connectivity index (χ3n) is 3.09. The molecule has 2 atom stereocenters. The van der Waals surface area contributed by atoms with Crippen molar-refractivity contribution in [1.82, 2.24) is 10.2 Å². The van der Waals surface area contributed by atoms with Crippen LogP contribution in [0.25, 0.3) is 0 Å². The standard InChI is InChI=1S/C11H21N3/c1-3-10(8-12)13-9-11-6-4-5-7-14(11)2/h10-11,13H,3-7,9H2,1-2H3. The number of nitriles is 1. The maximum atomic E-state index is 8.80. The summed E-state index contributed by atoms with van der Waals surface area (Å²) in [6, 6.07) is 2.94. The average molecular weight is 195 g/mol. The minimum atomic E-state index is 0.0327. The summed E-state index contributed by atoms with van der Waals surface area (Å²) in [7, 11) is 2.18. The van der Waals surface area contributed by atoms with Crippen LogP contribution in [-0.4, -0.2) is 37.1 Å². The number of hydrogen-bond donors (Lipinski definition) is 1. The van der Waals surface area contributed by atoms with E-state index in [0.717, 1.165) is 13.0 Å². The lowest BCUT2D eigenvalue weighted by Crippen LogP contribution is -2.45. The van der Waals surface area contributed by atoms with Crippen LogP contribution in [0.2, 0.25) is 0 Å². The fraction of sp³-hybridized carbons (Fsp3) is 0.909. The average Bonchev–Trinajstić information content (AvgIpc) is 2.22. The molecule has 0 bridgehead atoms. The molecule has 0 saturated carbocycles. The van der Waals surface area contributed by atoms with E-state index in [1.54, 1.807) is 0 Å². The quantitative estimate of drug-likeness (QED) is 0.736. The summed E-state index contributed by atoms with van der Waals surface area (Å²) in [5.74, 6) is 0. The molecule has 1 fully saturated rings. The number of hydrogen-bond acceptors (Lipinski definition) is 3. The summed E-state index contributed by atoms with van der Waals surface area (Å²) < 4.78 is 0. The Kier molecular flexibility index (Phi) is 4.92. The molecule has 1 aliphatic rings. The van der Waals surface area contributed by atoms with Gasteiger partial charge in [-0.2, -0.15) is 5.26 Å². The highest BCUT2D eigenvalue weighted by Gasteiger charge is 2.19. The molecule has 3 nitrogen and oxygen atoms in total. The van der Waals surface area contributed by atoms with Crippen LogP contribution < -0.4 is 5.32 Å². The van der Waals surface area contributed by atoms with E-state index in [9.17, 15) is 0 Å². The first-order valence-electron chi connectivity index (χ1n) is 5.61. The number of piperidine rings is 1. The van der Waals surface area contributed by atoms with E-state index >= 15 is 0 Å². The molecule has 0 aliphatic carbocycles. The topological polar surface area (TPSA) is 39.1 Å². The van der Waals surface area contributed by atoms with Gasteiger partial charge in [-0.3, -0.25) is 0 Å². The second-order valence-electron chi connectivity index (χ2n) is 4.13. The fourth-order valence-corrected chi connectivity index (χ4v) is 1.96. The SMILES string of the molecule is CCC(C#N)NCC1CCCCN1C. The molecular formula is C11H21N3. The predicted octanol–water partition coefficient (Wildman–Crippen LogP) is 1.36. The monoisotopic (exact) mass is 195 g/mol. The molecule has 1 rings (SSSR count). The second kappa shape index (κ2) is 6.00. The van der Waals surface area contributed by atoms with Crippen molar-refractivity contribution in [3.05, 3.63) is 0 Å². The largest absolute Gasteiger partial charge is 0.302 e. The Balaban J connectivity index is 2.25. The summed E-state index contributed by atoms with van der Waals surface area (Å²) in [4.78, 5) is 2.40. The van der Waals surface area contributed by atoms with Crippen molar-refractivity contribution in [2.24, 2.45) is 0 Å². The van der Waals surface area contributed by atoms with Crippen molar-refractivity contribution < 1.29 is 0 Å². The molecule has 0 spiro atoms. The van der Waals surface area contributed by atoms with Crippen molar-refractivity contribution in [1.29, 1.82) is 5.26 Å². The molecule has 0 amide bonds. The number of nitrogens with one attached hydrogen (secondary N) is 1. The van der Waals surface area contributed by atoms with E-state index in [-0.39, 0.29) is 6.04 Å². The van der Waals surface area contributed by atoms with Gasteiger partial charge in [0.25, 0.3) is 0 Å². The van der Waals surface area contributed by atoms with Crippen molar-refractivity contribution in [2.75, 3.05) is 20.1 Å². The van der Waals surface area contributed by atoms with E-state index < -0.39 is 0 Å². The van der Waals surface area contributed by atoms with Gasteiger partial charge in [0.15, 0.2) is 0 Å². The first-order chi connectivity index (χ1) is 6.77. The molecule has 1 aliphatic heterocycles. The van der Waals surface area contributed by atoms with Gasteiger partial charge in [-0.1, -0.05) is 13.3 Å². The van der Waals surface area contributed by atoms with E-state index in [0.29, 0.717) is 6.04 Å². The smallest absolute Gasteiger partial charge is 0.0950 e. The van der Waals surface area contributed by atoms with Gasteiger partial charge in [0.05, 0.1) is 12.1 Å². The lowest BCUT2D eigenvalue weighted by molar-refractivity contribution is 0.179. The summed E-state index contributed by atoms with van der Waals surface area (Å²) in [6.07, 6.45) is 4.82. The van der Waals surface area contributed by atoms with E-state index in [1.165, 1.54) is 25.8 Å². The Morgan fingerprint density at radius 1 is 1.57 bits per heavy atom. The van der Waals surface area contributed by atoms with Crippen LogP contribution in [0.4, 0.5) is 0 Å². The summed E-state index contributed by atoms with van der Waals surface area (Å²) in [5, 5.41) is 12.1. The fourth-order valence-electron chi connectivity index (χ4n) is 1.96. The van der Waals surface area contributed by atoms with Crippen LogP contribution in [0, 0.1) is 11.3 Å². The zero-order valence-corrected chi connectivity index (χ0v) is 9.29. The van der Waals surface area contributed by atoms with Gasteiger partial charge in [0.2, 0.25) is 0 Å². The molecule has 1 saturated heterocycles. The first kappa shape index (κ1) is 11.5. The number of likely N-dealkylation sites (tertiary alicyclic amines) is 1. The third kappa shape index (κ3) is 3.28. The first-order valence-corrected chi connectivity index (χ1v) is 5.61. The van der Waals surface area contributed by atoms with Crippen LogP contribution in [0.5, 0.6) is 0 Å². The summed E-state index contributed by atoms with van der Waals surface area (Å²) >= 11 is 0. The normalized spacial score (nSPS) is 25.6. The molecule has 0 aromatic rings. The Hall–Kier alpha value is -0.590. The minimum Gasteiger partial charge on any atom is -0.302 e. The van der Waals surface area contributed by atoms with E-state index in [4.69, 9.17) is 5.26 Å². The van der Waals surface area contributed by atoms with Gasteiger partial charge >= 0.3 is 0 Å². The maximum absolute atomic E-state index is 8.80. The van der Waals surface area contributed by atoms with Crippen LogP contribution >= 0.6 is 0 Å². The van der Waals surface area contributed by atoms with Crippen molar-refractivity contribution in [2.45, 2.75) is 44.7 Å². The number of rotatable bonds is 4. The van der Waals surface area contributed by atoms with Gasteiger partial charge in [-0.15, -0.1) is 0 Å². The Morgan fingerprint density at radius 2 is 2.36 bits per heavy atom. The number of nitrogens with zero attached hydrogens (tertiary/aromatic N) is 2. The third-order valence-corrected chi connectivity index (χ3v) is 3.09. The maximum Gasteiger partial charge on any atom is 0.0950 e. The van der Waals surface area contributed by atoms with Crippen molar-refractivity contribution >= 4 is 0 Å². The Labute approximate surface area is 87.1 Å².